The topological polar surface area (TPSA) is 67.6 Å². The molecule has 0 radical (unpaired) electrons. The number of hydrogen-bond donors (Lipinski definition) is 2. The van der Waals surface area contributed by atoms with Crippen LogP contribution in [0, 0.1) is 10.7 Å². The highest BCUT2D eigenvalue weighted by Gasteiger charge is 2.14. The fourth-order valence-corrected chi connectivity index (χ4v) is 2.59. The van der Waals surface area contributed by atoms with Crippen LogP contribution in [0.5, 0.6) is 0 Å². The number of nitrogens with zero attached hydrogens (tertiary/aromatic N) is 2. The van der Waals surface area contributed by atoms with Gasteiger partial charge in [-0.15, -0.1) is 0 Å². The Hall–Kier alpha value is -0.970. The Morgan fingerprint density at radius 3 is 2.50 bits per heavy atom. The van der Waals surface area contributed by atoms with Crippen LogP contribution in [-0.2, 0) is 6.42 Å². The van der Waals surface area contributed by atoms with Gasteiger partial charge in [-0.25, -0.2) is 4.98 Å². The number of nitrogens with one attached hydrogen (secondary N) is 1. The second-order valence-electron chi connectivity index (χ2n) is 4.52. The van der Waals surface area contributed by atoms with Gasteiger partial charge in [-0.3, -0.25) is 0 Å². The maximum Gasteiger partial charge on any atom is 0.224 e. The predicted octanol–water partition coefficient (Wildman–Crippen LogP) is 2.63. The Labute approximate surface area is 101 Å². The highest BCUT2D eigenvalue weighted by atomic mass is 32.1. The second kappa shape index (κ2) is 5.39. The van der Waals surface area contributed by atoms with Crippen LogP contribution >= 0.6 is 12.2 Å². The van der Waals surface area contributed by atoms with E-state index in [1.165, 1.54) is 38.5 Å². The molecule has 1 aliphatic carbocycles. The molecule has 5 heteroatoms. The zero-order chi connectivity index (χ0) is 11.4. The summed E-state index contributed by atoms with van der Waals surface area (Å²) in [6.07, 6.45) is 8.97. The van der Waals surface area contributed by atoms with Crippen molar-refractivity contribution in [3.8, 4) is 0 Å². The quantitative estimate of drug-likeness (QED) is 0.614. The number of nitrogens with two attached hydrogens (primary N) is 1. The van der Waals surface area contributed by atoms with Crippen LogP contribution < -0.4 is 5.73 Å². The largest absolute Gasteiger partial charge is 0.369 e. The summed E-state index contributed by atoms with van der Waals surface area (Å²) in [5, 5.41) is 0. The molecular formula is C11H18N4S. The summed E-state index contributed by atoms with van der Waals surface area (Å²) in [4.78, 5) is 11.1. The molecule has 1 aromatic heterocycles. The van der Waals surface area contributed by atoms with Crippen LogP contribution in [-0.4, -0.2) is 15.0 Å². The highest BCUT2D eigenvalue weighted by Crippen LogP contribution is 2.25. The summed E-state index contributed by atoms with van der Waals surface area (Å²) in [6, 6.07) is 0. The number of rotatable bonds is 2. The molecule has 3 N–H and O–H groups in total. The zero-order valence-electron chi connectivity index (χ0n) is 9.41. The van der Waals surface area contributed by atoms with Gasteiger partial charge in [-0.2, -0.15) is 4.98 Å². The van der Waals surface area contributed by atoms with E-state index in [4.69, 9.17) is 18.0 Å². The summed E-state index contributed by atoms with van der Waals surface area (Å²) < 4.78 is 0.347. The van der Waals surface area contributed by atoms with Gasteiger partial charge in [0, 0.05) is 6.42 Å². The Morgan fingerprint density at radius 2 is 1.88 bits per heavy atom. The second-order valence-corrected chi connectivity index (χ2v) is 4.89. The number of aromatic amines is 1. The molecule has 1 aromatic rings. The van der Waals surface area contributed by atoms with Crippen molar-refractivity contribution in [2.75, 3.05) is 5.73 Å². The lowest BCUT2D eigenvalue weighted by molar-refractivity contribution is 0.447. The van der Waals surface area contributed by atoms with Gasteiger partial charge in [0.2, 0.25) is 10.7 Å². The van der Waals surface area contributed by atoms with Crippen molar-refractivity contribution < 1.29 is 0 Å². The monoisotopic (exact) mass is 238 g/mol. The van der Waals surface area contributed by atoms with Crippen molar-refractivity contribution in [2.45, 2.75) is 44.9 Å². The van der Waals surface area contributed by atoms with Gasteiger partial charge in [0.25, 0.3) is 0 Å². The summed E-state index contributed by atoms with van der Waals surface area (Å²) in [5.41, 5.74) is 5.62. The Balaban J connectivity index is 2.04. The van der Waals surface area contributed by atoms with E-state index in [2.05, 4.69) is 15.0 Å². The smallest absolute Gasteiger partial charge is 0.224 e. The minimum Gasteiger partial charge on any atom is -0.369 e. The summed E-state index contributed by atoms with van der Waals surface area (Å²) in [6.45, 7) is 0. The van der Waals surface area contributed by atoms with Gasteiger partial charge in [0.05, 0.1) is 0 Å². The van der Waals surface area contributed by atoms with E-state index >= 15 is 0 Å². The minimum atomic E-state index is 0.347. The zero-order valence-corrected chi connectivity index (χ0v) is 10.2. The van der Waals surface area contributed by atoms with Crippen molar-refractivity contribution in [2.24, 2.45) is 5.92 Å². The van der Waals surface area contributed by atoms with E-state index in [1.54, 1.807) is 0 Å². The van der Waals surface area contributed by atoms with E-state index in [1.807, 2.05) is 0 Å². The number of H-pyrrole nitrogens is 1. The number of hydrogen-bond acceptors (Lipinski definition) is 4. The molecule has 2 rings (SSSR count). The van der Waals surface area contributed by atoms with E-state index in [0.717, 1.165) is 18.2 Å². The standard InChI is InChI=1S/C11H18N4S/c12-10-13-9(14-11(16)15-10)7-8-5-3-1-2-4-6-8/h8H,1-7H2,(H3,12,13,14,15,16). The van der Waals surface area contributed by atoms with Crippen molar-refractivity contribution in [3.05, 3.63) is 10.6 Å². The molecule has 1 saturated carbocycles. The van der Waals surface area contributed by atoms with Crippen LogP contribution in [0.4, 0.5) is 5.95 Å². The SMILES string of the molecule is Nc1nc(=S)nc(CC2CCCCCC2)[nH]1. The van der Waals surface area contributed by atoms with Crippen LogP contribution in [0.3, 0.4) is 0 Å². The molecule has 16 heavy (non-hydrogen) atoms. The molecule has 0 saturated heterocycles. The van der Waals surface area contributed by atoms with Crippen LogP contribution in [0.1, 0.15) is 44.3 Å². The van der Waals surface area contributed by atoms with Gasteiger partial charge in [0.1, 0.15) is 5.82 Å². The Bertz CT molecular complexity index is 393. The number of anilines is 1. The average Bonchev–Trinajstić information content (AvgIpc) is 2.44. The molecule has 0 bridgehead atoms. The predicted molar refractivity (Wildman–Crippen MR) is 66.5 cm³/mol. The third-order valence-electron chi connectivity index (χ3n) is 3.18. The fourth-order valence-electron chi connectivity index (χ4n) is 2.39. The average molecular weight is 238 g/mol. The molecule has 0 unspecified atom stereocenters. The molecule has 0 aliphatic heterocycles. The van der Waals surface area contributed by atoms with Crippen LogP contribution in [0.15, 0.2) is 0 Å². The molecular weight excluding hydrogens is 220 g/mol. The molecule has 1 heterocycles. The van der Waals surface area contributed by atoms with Crippen molar-refractivity contribution in [1.82, 2.24) is 15.0 Å². The summed E-state index contributed by atoms with van der Waals surface area (Å²) in [5.74, 6) is 2.00. The first-order chi connectivity index (χ1) is 7.74. The van der Waals surface area contributed by atoms with Gasteiger partial charge in [0.15, 0.2) is 0 Å². The fraction of sp³-hybridized carbons (Fsp3) is 0.727. The normalized spacial score (nSPS) is 18.2. The molecule has 4 nitrogen and oxygen atoms in total. The van der Waals surface area contributed by atoms with E-state index in [-0.39, 0.29) is 0 Å². The third-order valence-corrected chi connectivity index (χ3v) is 3.36. The highest BCUT2D eigenvalue weighted by molar-refractivity contribution is 7.71. The maximum absolute atomic E-state index is 5.62. The lowest BCUT2D eigenvalue weighted by Crippen LogP contribution is -2.09. The molecule has 0 aromatic carbocycles. The molecule has 1 aliphatic rings. The first kappa shape index (κ1) is 11.5. The molecule has 88 valence electrons. The van der Waals surface area contributed by atoms with Crippen LogP contribution in [0.2, 0.25) is 0 Å². The first-order valence-electron chi connectivity index (χ1n) is 5.97. The third kappa shape index (κ3) is 3.27. The van der Waals surface area contributed by atoms with E-state index < -0.39 is 0 Å². The lowest BCUT2D eigenvalue weighted by Gasteiger charge is -2.12. The Morgan fingerprint density at radius 1 is 1.19 bits per heavy atom. The summed E-state index contributed by atoms with van der Waals surface area (Å²) in [7, 11) is 0. The minimum absolute atomic E-state index is 0.347. The molecule has 1 fully saturated rings. The summed E-state index contributed by atoms with van der Waals surface area (Å²) >= 11 is 4.96. The molecule has 0 spiro atoms. The Kier molecular flexibility index (Phi) is 3.88. The van der Waals surface area contributed by atoms with Gasteiger partial charge in [-0.05, 0) is 18.1 Å². The number of aromatic nitrogens is 3. The first-order valence-corrected chi connectivity index (χ1v) is 6.37. The van der Waals surface area contributed by atoms with Gasteiger partial charge < -0.3 is 10.7 Å². The van der Waals surface area contributed by atoms with E-state index in [0.29, 0.717) is 10.7 Å². The van der Waals surface area contributed by atoms with Crippen molar-refractivity contribution >= 4 is 18.2 Å². The van der Waals surface area contributed by atoms with Crippen LogP contribution in [0.25, 0.3) is 0 Å². The van der Waals surface area contributed by atoms with E-state index in [9.17, 15) is 0 Å². The van der Waals surface area contributed by atoms with Gasteiger partial charge in [-0.1, -0.05) is 38.5 Å². The maximum atomic E-state index is 5.62. The van der Waals surface area contributed by atoms with Gasteiger partial charge >= 0.3 is 0 Å². The lowest BCUT2D eigenvalue weighted by atomic mass is 9.96. The van der Waals surface area contributed by atoms with Crippen molar-refractivity contribution in [3.63, 3.8) is 0 Å². The van der Waals surface area contributed by atoms with Crippen molar-refractivity contribution in [1.29, 1.82) is 0 Å². The number of nitrogen functional groups attached to an aromatic ring is 1. The molecule has 0 atom stereocenters. The molecule has 0 amide bonds.